The Morgan fingerprint density at radius 3 is 2.33 bits per heavy atom. The van der Waals surface area contributed by atoms with E-state index in [1.165, 1.54) is 17.7 Å². The maximum Gasteiger partial charge on any atom is 0.332 e. The highest BCUT2D eigenvalue weighted by molar-refractivity contribution is 5.34. The van der Waals surface area contributed by atoms with Crippen LogP contribution in [-0.2, 0) is 14.1 Å². The lowest BCUT2D eigenvalue weighted by Crippen LogP contribution is -2.43. The van der Waals surface area contributed by atoms with Gasteiger partial charge in [-0.2, -0.15) is 0 Å². The van der Waals surface area contributed by atoms with Gasteiger partial charge in [0.15, 0.2) is 0 Å². The number of nitrogens with one attached hydrogen (secondary N) is 2. The molecule has 0 fully saturated rings. The van der Waals surface area contributed by atoms with Crippen LogP contribution in [-0.4, -0.2) is 46.3 Å². The van der Waals surface area contributed by atoms with Gasteiger partial charge in [-0.05, 0) is 37.6 Å². The normalized spacial score (nSPS) is 13.0. The molecule has 1 aromatic carbocycles. The van der Waals surface area contributed by atoms with Gasteiger partial charge in [0.1, 0.15) is 30.0 Å². The summed E-state index contributed by atoms with van der Waals surface area (Å²) >= 11 is 0. The van der Waals surface area contributed by atoms with Crippen molar-refractivity contribution in [2.24, 2.45) is 14.1 Å². The minimum absolute atomic E-state index is 0.125. The zero-order valence-corrected chi connectivity index (χ0v) is 18.1. The zero-order valence-electron chi connectivity index (χ0n) is 18.1. The molecule has 2 unspecified atom stereocenters. The SMILES string of the molecule is CCCCOc1ccc(OCC(O)CNC(C)Nc2cc(=O)n(C)c(=O)n2C)cc1. The molecular formula is C21H32N4O5. The Morgan fingerprint density at radius 1 is 1.07 bits per heavy atom. The van der Waals surface area contributed by atoms with Crippen LogP contribution in [0.4, 0.5) is 5.82 Å². The minimum atomic E-state index is -0.734. The number of hydrogen-bond donors (Lipinski definition) is 3. The van der Waals surface area contributed by atoms with Gasteiger partial charge < -0.3 is 19.9 Å². The summed E-state index contributed by atoms with van der Waals surface area (Å²) in [6, 6.07) is 8.66. The Bertz CT molecular complexity index is 907. The predicted octanol–water partition coefficient (Wildman–Crippen LogP) is 1.05. The summed E-state index contributed by atoms with van der Waals surface area (Å²) in [5, 5.41) is 16.3. The van der Waals surface area contributed by atoms with E-state index < -0.39 is 11.8 Å². The van der Waals surface area contributed by atoms with E-state index in [4.69, 9.17) is 9.47 Å². The molecule has 0 spiro atoms. The van der Waals surface area contributed by atoms with Crippen LogP contribution < -0.4 is 31.4 Å². The smallest absolute Gasteiger partial charge is 0.332 e. The third-order valence-electron chi connectivity index (χ3n) is 4.58. The minimum Gasteiger partial charge on any atom is -0.494 e. The summed E-state index contributed by atoms with van der Waals surface area (Å²) in [4.78, 5) is 23.8. The molecule has 0 saturated heterocycles. The lowest BCUT2D eigenvalue weighted by molar-refractivity contribution is 0.105. The fraction of sp³-hybridized carbons (Fsp3) is 0.524. The Kier molecular flexibility index (Phi) is 8.94. The summed E-state index contributed by atoms with van der Waals surface area (Å²) in [5.74, 6) is 1.84. The van der Waals surface area contributed by atoms with Crippen molar-refractivity contribution in [3.63, 3.8) is 0 Å². The number of nitrogens with zero attached hydrogens (tertiary/aromatic N) is 2. The maximum atomic E-state index is 12.0. The molecule has 2 aromatic rings. The molecule has 30 heavy (non-hydrogen) atoms. The molecule has 0 radical (unpaired) electrons. The van der Waals surface area contributed by atoms with Crippen molar-refractivity contribution in [3.05, 3.63) is 51.2 Å². The average Bonchev–Trinajstić information content (AvgIpc) is 2.74. The van der Waals surface area contributed by atoms with Gasteiger partial charge in [-0.3, -0.25) is 19.2 Å². The topological polar surface area (TPSA) is 107 Å². The summed E-state index contributed by atoms with van der Waals surface area (Å²) in [6.45, 7) is 5.03. The van der Waals surface area contributed by atoms with Crippen molar-refractivity contribution in [2.75, 3.05) is 25.1 Å². The van der Waals surface area contributed by atoms with Gasteiger partial charge in [-0.15, -0.1) is 0 Å². The summed E-state index contributed by atoms with van der Waals surface area (Å²) in [5.41, 5.74) is -0.796. The molecule has 9 nitrogen and oxygen atoms in total. The Balaban J connectivity index is 1.76. The first kappa shape index (κ1) is 23.5. The molecule has 3 N–H and O–H groups in total. The van der Waals surface area contributed by atoms with Crippen molar-refractivity contribution in [1.29, 1.82) is 0 Å². The number of ether oxygens (including phenoxy) is 2. The van der Waals surface area contributed by atoms with Crippen LogP contribution in [0.2, 0.25) is 0 Å². The van der Waals surface area contributed by atoms with Crippen molar-refractivity contribution < 1.29 is 14.6 Å². The Labute approximate surface area is 176 Å². The third-order valence-corrected chi connectivity index (χ3v) is 4.58. The van der Waals surface area contributed by atoms with E-state index in [1.807, 2.05) is 31.2 Å². The van der Waals surface area contributed by atoms with Crippen molar-refractivity contribution in [2.45, 2.75) is 39.0 Å². The van der Waals surface area contributed by atoms with Gasteiger partial charge in [-0.25, -0.2) is 4.79 Å². The highest BCUT2D eigenvalue weighted by Crippen LogP contribution is 2.18. The monoisotopic (exact) mass is 420 g/mol. The lowest BCUT2D eigenvalue weighted by atomic mass is 10.3. The highest BCUT2D eigenvalue weighted by Gasteiger charge is 2.11. The molecule has 2 atom stereocenters. The number of aromatic nitrogens is 2. The quantitative estimate of drug-likeness (QED) is 0.348. The molecule has 0 saturated carbocycles. The molecule has 2 rings (SSSR count). The molecule has 1 aromatic heterocycles. The van der Waals surface area contributed by atoms with Gasteiger partial charge in [0, 0.05) is 26.7 Å². The maximum absolute atomic E-state index is 12.0. The molecule has 0 aliphatic heterocycles. The van der Waals surface area contributed by atoms with Crippen molar-refractivity contribution in [3.8, 4) is 11.5 Å². The summed E-state index contributed by atoms with van der Waals surface area (Å²) < 4.78 is 13.6. The summed E-state index contributed by atoms with van der Waals surface area (Å²) in [6.07, 6.45) is 1.09. The summed E-state index contributed by atoms with van der Waals surface area (Å²) in [7, 11) is 3.01. The van der Waals surface area contributed by atoms with Crippen LogP contribution in [0, 0.1) is 0 Å². The highest BCUT2D eigenvalue weighted by atomic mass is 16.5. The predicted molar refractivity (Wildman–Crippen MR) is 116 cm³/mol. The number of aliphatic hydroxyl groups is 1. The Morgan fingerprint density at radius 2 is 1.70 bits per heavy atom. The van der Waals surface area contributed by atoms with E-state index in [9.17, 15) is 14.7 Å². The molecule has 166 valence electrons. The van der Waals surface area contributed by atoms with Crippen molar-refractivity contribution in [1.82, 2.24) is 14.5 Å². The largest absolute Gasteiger partial charge is 0.494 e. The second-order valence-electron chi connectivity index (χ2n) is 7.18. The third kappa shape index (κ3) is 6.93. The van der Waals surface area contributed by atoms with Crippen LogP contribution in [0.15, 0.2) is 39.9 Å². The molecule has 0 amide bonds. The molecule has 0 aliphatic carbocycles. The molecule has 0 bridgehead atoms. The van der Waals surface area contributed by atoms with Crippen LogP contribution in [0.3, 0.4) is 0 Å². The number of anilines is 1. The lowest BCUT2D eigenvalue weighted by Gasteiger charge is -2.21. The molecular weight excluding hydrogens is 388 g/mol. The van der Waals surface area contributed by atoms with E-state index in [2.05, 4.69) is 17.6 Å². The van der Waals surface area contributed by atoms with Gasteiger partial charge in [0.05, 0.1) is 12.8 Å². The first-order valence-corrected chi connectivity index (χ1v) is 10.1. The first-order chi connectivity index (χ1) is 14.3. The fourth-order valence-electron chi connectivity index (χ4n) is 2.67. The average molecular weight is 421 g/mol. The van der Waals surface area contributed by atoms with Gasteiger partial charge in [0.25, 0.3) is 5.56 Å². The number of hydrogen-bond acceptors (Lipinski definition) is 7. The van der Waals surface area contributed by atoms with E-state index in [1.54, 1.807) is 7.05 Å². The van der Waals surface area contributed by atoms with Crippen LogP contribution in [0.25, 0.3) is 0 Å². The fourth-order valence-corrected chi connectivity index (χ4v) is 2.67. The molecule has 0 aliphatic rings. The number of unbranched alkanes of at least 4 members (excludes halogenated alkanes) is 1. The van der Waals surface area contributed by atoms with E-state index in [0.29, 0.717) is 18.2 Å². The molecule has 1 heterocycles. The number of benzene rings is 1. The Hall–Kier alpha value is -2.78. The van der Waals surface area contributed by atoms with Gasteiger partial charge in [-0.1, -0.05) is 13.3 Å². The van der Waals surface area contributed by atoms with Crippen LogP contribution in [0.1, 0.15) is 26.7 Å². The number of aliphatic hydroxyl groups excluding tert-OH is 1. The van der Waals surface area contributed by atoms with Crippen LogP contribution >= 0.6 is 0 Å². The van der Waals surface area contributed by atoms with Crippen LogP contribution in [0.5, 0.6) is 11.5 Å². The standard InChI is InChI=1S/C21H32N4O5/c1-5-6-11-29-17-7-9-18(10-8-17)30-14-16(26)13-22-15(2)23-19-12-20(27)25(4)21(28)24(19)3/h7-10,12,15-16,22-23,26H,5-6,11,13-14H2,1-4H3. The first-order valence-electron chi connectivity index (χ1n) is 10.1. The number of rotatable bonds is 12. The second kappa shape index (κ2) is 11.4. The van der Waals surface area contributed by atoms with E-state index in [0.717, 1.165) is 23.2 Å². The molecule has 9 heteroatoms. The van der Waals surface area contributed by atoms with Crippen molar-refractivity contribution >= 4 is 5.82 Å². The second-order valence-corrected chi connectivity index (χ2v) is 7.18. The zero-order chi connectivity index (χ0) is 22.1. The van der Waals surface area contributed by atoms with E-state index in [-0.39, 0.29) is 24.9 Å². The van der Waals surface area contributed by atoms with Gasteiger partial charge in [0.2, 0.25) is 0 Å². The van der Waals surface area contributed by atoms with E-state index >= 15 is 0 Å². The van der Waals surface area contributed by atoms with Gasteiger partial charge >= 0.3 is 5.69 Å².